The number of hydrogen-bond acceptors (Lipinski definition) is 5. The SMILES string of the molecule is CCC(CC)n1c(=O)ccc2cnc(S(C)(=O)=O)nc21. The Morgan fingerprint density at radius 3 is 2.45 bits per heavy atom. The quantitative estimate of drug-likeness (QED) is 0.799. The van der Waals surface area contributed by atoms with Gasteiger partial charge in [0.15, 0.2) is 0 Å². The Balaban J connectivity index is 2.84. The van der Waals surface area contributed by atoms with Gasteiger partial charge in [-0.05, 0) is 18.9 Å². The molecule has 0 fully saturated rings. The van der Waals surface area contributed by atoms with E-state index in [0.29, 0.717) is 11.0 Å². The summed E-state index contributed by atoms with van der Waals surface area (Å²) in [7, 11) is -3.50. The molecule has 0 aliphatic heterocycles. The molecular formula is C13H17N3O3S. The molecule has 0 N–H and O–H groups in total. The van der Waals surface area contributed by atoms with Crippen LogP contribution in [0.4, 0.5) is 0 Å². The Kier molecular flexibility index (Phi) is 3.89. The number of sulfone groups is 1. The summed E-state index contributed by atoms with van der Waals surface area (Å²) in [4.78, 5) is 20.0. The number of hydrogen-bond donors (Lipinski definition) is 0. The van der Waals surface area contributed by atoms with Crippen LogP contribution in [0.1, 0.15) is 32.7 Å². The molecule has 2 heterocycles. The summed E-state index contributed by atoms with van der Waals surface area (Å²) >= 11 is 0. The van der Waals surface area contributed by atoms with E-state index < -0.39 is 9.84 Å². The maximum absolute atomic E-state index is 12.1. The minimum Gasteiger partial charge on any atom is -0.289 e. The lowest BCUT2D eigenvalue weighted by Crippen LogP contribution is -2.25. The van der Waals surface area contributed by atoms with Crippen LogP contribution in [0, 0.1) is 0 Å². The summed E-state index contributed by atoms with van der Waals surface area (Å²) in [5.74, 6) is 0. The van der Waals surface area contributed by atoms with Crippen LogP contribution in [0.15, 0.2) is 28.3 Å². The highest BCUT2D eigenvalue weighted by molar-refractivity contribution is 7.90. The number of pyridine rings is 1. The molecule has 0 spiro atoms. The van der Waals surface area contributed by atoms with E-state index in [1.165, 1.54) is 12.3 Å². The van der Waals surface area contributed by atoms with Crippen molar-refractivity contribution in [1.82, 2.24) is 14.5 Å². The molecule has 108 valence electrons. The van der Waals surface area contributed by atoms with E-state index in [0.717, 1.165) is 19.1 Å². The van der Waals surface area contributed by atoms with Crippen molar-refractivity contribution in [3.63, 3.8) is 0 Å². The maximum atomic E-state index is 12.1. The fraction of sp³-hybridized carbons (Fsp3) is 0.462. The van der Waals surface area contributed by atoms with E-state index in [9.17, 15) is 13.2 Å². The Hall–Kier alpha value is -1.76. The molecule has 2 rings (SSSR count). The van der Waals surface area contributed by atoms with E-state index in [-0.39, 0.29) is 16.8 Å². The van der Waals surface area contributed by atoms with Gasteiger partial charge in [-0.15, -0.1) is 0 Å². The fourth-order valence-electron chi connectivity index (χ4n) is 2.21. The molecule has 2 aromatic heterocycles. The van der Waals surface area contributed by atoms with Gasteiger partial charge in [0.05, 0.1) is 0 Å². The number of rotatable bonds is 4. The van der Waals surface area contributed by atoms with Crippen molar-refractivity contribution in [2.45, 2.75) is 37.9 Å². The number of aromatic nitrogens is 3. The smallest absolute Gasteiger partial charge is 0.252 e. The summed E-state index contributed by atoms with van der Waals surface area (Å²) < 4.78 is 24.7. The van der Waals surface area contributed by atoms with E-state index in [2.05, 4.69) is 9.97 Å². The lowest BCUT2D eigenvalue weighted by molar-refractivity contribution is 0.468. The first-order valence-corrected chi connectivity index (χ1v) is 8.36. The Labute approximate surface area is 117 Å². The molecule has 0 atom stereocenters. The molecule has 6 nitrogen and oxygen atoms in total. The number of fused-ring (bicyclic) bond motifs is 1. The molecule has 0 radical (unpaired) electrons. The average Bonchev–Trinajstić information content (AvgIpc) is 2.40. The van der Waals surface area contributed by atoms with Crippen molar-refractivity contribution in [1.29, 1.82) is 0 Å². The zero-order chi connectivity index (χ0) is 14.9. The van der Waals surface area contributed by atoms with Gasteiger partial charge in [0.2, 0.25) is 15.0 Å². The molecule has 0 saturated heterocycles. The van der Waals surface area contributed by atoms with Crippen LogP contribution in [0.25, 0.3) is 11.0 Å². The zero-order valence-electron chi connectivity index (χ0n) is 11.7. The van der Waals surface area contributed by atoms with Crippen molar-refractivity contribution in [2.24, 2.45) is 0 Å². The third kappa shape index (κ3) is 2.58. The molecule has 0 amide bonds. The normalized spacial score (nSPS) is 12.2. The summed E-state index contributed by atoms with van der Waals surface area (Å²) in [5, 5.41) is 0.402. The van der Waals surface area contributed by atoms with E-state index in [1.54, 1.807) is 10.6 Å². The molecule has 0 saturated carbocycles. The molecule has 20 heavy (non-hydrogen) atoms. The average molecular weight is 295 g/mol. The van der Waals surface area contributed by atoms with Crippen LogP contribution in [0.3, 0.4) is 0 Å². The Morgan fingerprint density at radius 1 is 1.25 bits per heavy atom. The third-order valence-corrected chi connectivity index (χ3v) is 4.14. The van der Waals surface area contributed by atoms with Gasteiger partial charge in [0.1, 0.15) is 5.65 Å². The second-order valence-electron chi connectivity index (χ2n) is 4.72. The van der Waals surface area contributed by atoms with E-state index in [1.807, 2.05) is 13.8 Å². The monoisotopic (exact) mass is 295 g/mol. The van der Waals surface area contributed by atoms with E-state index in [4.69, 9.17) is 0 Å². The van der Waals surface area contributed by atoms with Gasteiger partial charge < -0.3 is 0 Å². The minimum absolute atomic E-state index is 0.00601. The molecule has 0 aromatic carbocycles. The van der Waals surface area contributed by atoms with Crippen molar-refractivity contribution in [3.05, 3.63) is 28.7 Å². The van der Waals surface area contributed by atoms with Gasteiger partial charge in [0.25, 0.3) is 5.56 Å². The predicted octanol–water partition coefficient (Wildman–Crippen LogP) is 1.56. The topological polar surface area (TPSA) is 81.9 Å². The predicted molar refractivity (Wildman–Crippen MR) is 76.5 cm³/mol. The highest BCUT2D eigenvalue weighted by Crippen LogP contribution is 2.19. The van der Waals surface area contributed by atoms with Crippen molar-refractivity contribution >= 4 is 20.9 Å². The molecule has 2 aromatic rings. The lowest BCUT2D eigenvalue weighted by atomic mass is 10.1. The van der Waals surface area contributed by atoms with Crippen molar-refractivity contribution in [2.75, 3.05) is 6.26 Å². The first-order chi connectivity index (χ1) is 9.38. The molecule has 7 heteroatoms. The van der Waals surface area contributed by atoms with Crippen LogP contribution >= 0.6 is 0 Å². The van der Waals surface area contributed by atoms with Gasteiger partial charge in [-0.3, -0.25) is 9.36 Å². The second-order valence-corrected chi connectivity index (χ2v) is 6.63. The van der Waals surface area contributed by atoms with Crippen LogP contribution in [-0.4, -0.2) is 29.2 Å². The van der Waals surface area contributed by atoms with Gasteiger partial charge in [-0.2, -0.15) is 4.98 Å². The third-order valence-electron chi connectivity index (χ3n) is 3.28. The van der Waals surface area contributed by atoms with Crippen LogP contribution < -0.4 is 5.56 Å². The molecule has 0 aliphatic rings. The summed E-state index contributed by atoms with van der Waals surface area (Å²) in [6.07, 6.45) is 4.04. The Bertz CT molecular complexity index is 792. The first kappa shape index (κ1) is 14.6. The molecule has 0 bridgehead atoms. The highest BCUT2D eigenvalue weighted by atomic mass is 32.2. The minimum atomic E-state index is -3.50. The van der Waals surface area contributed by atoms with E-state index >= 15 is 0 Å². The first-order valence-electron chi connectivity index (χ1n) is 6.46. The van der Waals surface area contributed by atoms with Gasteiger partial charge in [-0.1, -0.05) is 13.8 Å². The fourth-order valence-corrected chi connectivity index (χ4v) is 2.70. The van der Waals surface area contributed by atoms with Crippen LogP contribution in [0.5, 0.6) is 0 Å². The standard InChI is InChI=1S/C13H17N3O3S/c1-4-10(5-2)16-11(17)7-6-9-8-14-13(15-12(9)16)20(3,18)19/h6-8,10H,4-5H2,1-3H3. The van der Waals surface area contributed by atoms with Gasteiger partial charge >= 0.3 is 0 Å². The van der Waals surface area contributed by atoms with Crippen molar-refractivity contribution in [3.8, 4) is 0 Å². The molecular weight excluding hydrogens is 278 g/mol. The Morgan fingerprint density at radius 2 is 1.90 bits per heavy atom. The summed E-state index contributed by atoms with van der Waals surface area (Å²) in [6, 6.07) is 3.07. The van der Waals surface area contributed by atoms with Gasteiger partial charge in [0, 0.05) is 29.9 Å². The summed E-state index contributed by atoms with van der Waals surface area (Å²) in [6.45, 7) is 3.97. The second kappa shape index (κ2) is 5.32. The number of nitrogens with zero attached hydrogens (tertiary/aromatic N) is 3. The lowest BCUT2D eigenvalue weighted by Gasteiger charge is -2.18. The van der Waals surface area contributed by atoms with Gasteiger partial charge in [-0.25, -0.2) is 13.4 Å². The molecule has 0 unspecified atom stereocenters. The zero-order valence-corrected chi connectivity index (χ0v) is 12.5. The van der Waals surface area contributed by atoms with Crippen LogP contribution in [-0.2, 0) is 9.84 Å². The molecule has 0 aliphatic carbocycles. The maximum Gasteiger partial charge on any atom is 0.252 e. The van der Waals surface area contributed by atoms with Crippen LogP contribution in [0.2, 0.25) is 0 Å². The summed E-state index contributed by atoms with van der Waals surface area (Å²) in [5.41, 5.74) is 0.200. The largest absolute Gasteiger partial charge is 0.289 e. The highest BCUT2D eigenvalue weighted by Gasteiger charge is 2.16. The van der Waals surface area contributed by atoms with Crippen molar-refractivity contribution < 1.29 is 8.42 Å².